The van der Waals surface area contributed by atoms with Crippen LogP contribution >= 0.6 is 0 Å². The summed E-state index contributed by atoms with van der Waals surface area (Å²) in [7, 11) is 0. The minimum Gasteiger partial charge on any atom is -0.348 e. The number of nitrogens with zero attached hydrogens (tertiary/aromatic N) is 3. The fraction of sp³-hybridized carbons (Fsp3) is 0.0833. The molecule has 2 aromatic carbocycles. The molecule has 0 saturated heterocycles. The van der Waals surface area contributed by atoms with E-state index < -0.39 is 5.82 Å². The third-order valence-electron chi connectivity index (χ3n) is 4.94. The van der Waals surface area contributed by atoms with Gasteiger partial charge in [-0.05, 0) is 48.9 Å². The van der Waals surface area contributed by atoms with Crippen molar-refractivity contribution < 1.29 is 14.0 Å². The second-order valence-corrected chi connectivity index (χ2v) is 7.08. The van der Waals surface area contributed by atoms with Crippen molar-refractivity contribution in [3.8, 4) is 5.69 Å². The standard InChI is InChI=1S/C24H20FN5O2/c1-16-20(15-28-30(16)22-5-3-2-4-21(22)25)24(32)27-14-17-6-8-19(9-7-17)29-23(31)18-10-12-26-13-11-18/h2-13,15H,14H2,1H3,(H,27,32)(H,29,31). The summed E-state index contributed by atoms with van der Waals surface area (Å²) in [6, 6.07) is 16.7. The van der Waals surface area contributed by atoms with Crippen LogP contribution < -0.4 is 10.6 Å². The van der Waals surface area contributed by atoms with Crippen molar-refractivity contribution in [2.75, 3.05) is 5.32 Å². The van der Waals surface area contributed by atoms with Crippen LogP contribution in [0.2, 0.25) is 0 Å². The highest BCUT2D eigenvalue weighted by Crippen LogP contribution is 2.17. The zero-order valence-electron chi connectivity index (χ0n) is 17.2. The number of nitrogens with one attached hydrogen (secondary N) is 2. The SMILES string of the molecule is Cc1c(C(=O)NCc2ccc(NC(=O)c3ccncc3)cc2)cnn1-c1ccccc1F. The highest BCUT2D eigenvalue weighted by Gasteiger charge is 2.16. The highest BCUT2D eigenvalue weighted by molar-refractivity contribution is 6.04. The average Bonchev–Trinajstić information content (AvgIpc) is 3.20. The Labute approximate surface area is 183 Å². The summed E-state index contributed by atoms with van der Waals surface area (Å²) < 4.78 is 15.5. The van der Waals surface area contributed by atoms with Gasteiger partial charge in [0.05, 0.1) is 17.5 Å². The first-order valence-corrected chi connectivity index (χ1v) is 9.91. The van der Waals surface area contributed by atoms with Crippen LogP contribution in [0.1, 0.15) is 32.0 Å². The molecule has 2 amide bonds. The molecule has 160 valence electrons. The van der Waals surface area contributed by atoms with E-state index in [1.54, 1.807) is 61.8 Å². The number of carbonyl (C=O) groups excluding carboxylic acids is 2. The molecule has 2 heterocycles. The maximum absolute atomic E-state index is 14.1. The number of hydrogen-bond acceptors (Lipinski definition) is 4. The number of halogens is 1. The molecular weight excluding hydrogens is 409 g/mol. The van der Waals surface area contributed by atoms with Crippen LogP contribution in [0.4, 0.5) is 10.1 Å². The smallest absolute Gasteiger partial charge is 0.255 e. The lowest BCUT2D eigenvalue weighted by molar-refractivity contribution is 0.0949. The molecule has 0 fully saturated rings. The largest absolute Gasteiger partial charge is 0.348 e. The van der Waals surface area contributed by atoms with Crippen LogP contribution in [0.3, 0.4) is 0 Å². The molecule has 0 aliphatic heterocycles. The monoisotopic (exact) mass is 429 g/mol. The molecule has 2 aromatic heterocycles. The maximum Gasteiger partial charge on any atom is 0.255 e. The topological polar surface area (TPSA) is 88.9 Å². The van der Waals surface area contributed by atoms with Gasteiger partial charge in [0.15, 0.2) is 0 Å². The average molecular weight is 429 g/mol. The zero-order chi connectivity index (χ0) is 22.5. The number of hydrogen-bond donors (Lipinski definition) is 2. The summed E-state index contributed by atoms with van der Waals surface area (Å²) in [5.74, 6) is -0.947. The predicted molar refractivity (Wildman–Crippen MR) is 118 cm³/mol. The van der Waals surface area contributed by atoms with Crippen LogP contribution in [0.15, 0.2) is 79.3 Å². The van der Waals surface area contributed by atoms with Gasteiger partial charge < -0.3 is 10.6 Å². The fourth-order valence-electron chi connectivity index (χ4n) is 3.19. The summed E-state index contributed by atoms with van der Waals surface area (Å²) in [5.41, 5.74) is 3.22. The van der Waals surface area contributed by atoms with Crippen molar-refractivity contribution in [2.45, 2.75) is 13.5 Å². The van der Waals surface area contributed by atoms with Crippen molar-refractivity contribution in [3.05, 3.63) is 107 Å². The zero-order valence-corrected chi connectivity index (χ0v) is 17.2. The van der Waals surface area contributed by atoms with Crippen molar-refractivity contribution in [2.24, 2.45) is 0 Å². The Kier molecular flexibility index (Phi) is 6.03. The third-order valence-corrected chi connectivity index (χ3v) is 4.94. The van der Waals surface area contributed by atoms with E-state index in [4.69, 9.17) is 0 Å². The number of pyridine rings is 1. The molecule has 0 radical (unpaired) electrons. The van der Waals surface area contributed by atoms with Gasteiger partial charge in [0.25, 0.3) is 11.8 Å². The second-order valence-electron chi connectivity index (χ2n) is 7.08. The fourth-order valence-corrected chi connectivity index (χ4v) is 3.19. The second kappa shape index (κ2) is 9.22. The molecule has 0 saturated carbocycles. The van der Waals surface area contributed by atoms with Crippen LogP contribution in [-0.2, 0) is 6.54 Å². The molecule has 32 heavy (non-hydrogen) atoms. The number of carbonyl (C=O) groups is 2. The van der Waals surface area contributed by atoms with Crippen LogP contribution in [0.5, 0.6) is 0 Å². The van der Waals surface area contributed by atoms with Gasteiger partial charge in [-0.25, -0.2) is 9.07 Å². The van der Waals surface area contributed by atoms with Crippen molar-refractivity contribution in [1.29, 1.82) is 0 Å². The Hall–Kier alpha value is -4.33. The normalized spacial score (nSPS) is 10.6. The number of amides is 2. The highest BCUT2D eigenvalue weighted by atomic mass is 19.1. The van der Waals surface area contributed by atoms with Crippen LogP contribution in [0, 0.1) is 12.7 Å². The molecule has 7 nitrogen and oxygen atoms in total. The van der Waals surface area contributed by atoms with Crippen molar-refractivity contribution in [1.82, 2.24) is 20.1 Å². The van der Waals surface area contributed by atoms with E-state index in [0.717, 1.165) is 5.56 Å². The summed E-state index contributed by atoms with van der Waals surface area (Å²) in [6.07, 6.45) is 4.54. The number of para-hydroxylation sites is 1. The maximum atomic E-state index is 14.1. The lowest BCUT2D eigenvalue weighted by Gasteiger charge is -2.09. The molecule has 0 spiro atoms. The van der Waals surface area contributed by atoms with Crippen molar-refractivity contribution in [3.63, 3.8) is 0 Å². The van der Waals surface area contributed by atoms with Crippen LogP contribution in [0.25, 0.3) is 5.69 Å². The molecule has 2 N–H and O–H groups in total. The lowest BCUT2D eigenvalue weighted by atomic mass is 10.2. The number of anilines is 1. The molecule has 0 aliphatic rings. The predicted octanol–water partition coefficient (Wildman–Crippen LogP) is 3.90. The van der Waals surface area contributed by atoms with E-state index in [9.17, 15) is 14.0 Å². The summed E-state index contributed by atoms with van der Waals surface area (Å²) in [6.45, 7) is 2.01. The first-order valence-electron chi connectivity index (χ1n) is 9.91. The van der Waals surface area contributed by atoms with E-state index >= 15 is 0 Å². The molecule has 0 unspecified atom stereocenters. The quantitative estimate of drug-likeness (QED) is 0.487. The minimum atomic E-state index is -0.415. The number of benzene rings is 2. The van der Waals surface area contributed by atoms with Gasteiger partial charge >= 0.3 is 0 Å². The van der Waals surface area contributed by atoms with Gasteiger partial charge in [-0.15, -0.1) is 0 Å². The summed E-state index contributed by atoms with van der Waals surface area (Å²) in [4.78, 5) is 28.7. The van der Waals surface area contributed by atoms with Gasteiger partial charge in [0.2, 0.25) is 0 Å². The van der Waals surface area contributed by atoms with Crippen LogP contribution in [-0.4, -0.2) is 26.6 Å². The van der Waals surface area contributed by atoms with E-state index in [2.05, 4.69) is 20.7 Å². The van der Waals surface area contributed by atoms with E-state index in [-0.39, 0.29) is 17.5 Å². The van der Waals surface area contributed by atoms with Gasteiger partial charge in [0.1, 0.15) is 11.5 Å². The van der Waals surface area contributed by atoms with E-state index in [1.165, 1.54) is 16.9 Å². The Balaban J connectivity index is 1.37. The first-order chi connectivity index (χ1) is 15.5. The number of rotatable bonds is 6. The Morgan fingerprint density at radius 3 is 2.41 bits per heavy atom. The first kappa shape index (κ1) is 20.9. The Morgan fingerprint density at radius 2 is 1.69 bits per heavy atom. The summed E-state index contributed by atoms with van der Waals surface area (Å²) in [5, 5.41) is 9.81. The number of aromatic nitrogens is 3. The molecule has 4 aromatic rings. The van der Waals surface area contributed by atoms with Gasteiger partial charge in [-0.1, -0.05) is 24.3 Å². The van der Waals surface area contributed by atoms with Gasteiger partial charge in [-0.3, -0.25) is 14.6 Å². The summed E-state index contributed by atoms with van der Waals surface area (Å²) >= 11 is 0. The lowest BCUT2D eigenvalue weighted by Crippen LogP contribution is -2.23. The van der Waals surface area contributed by atoms with Crippen molar-refractivity contribution >= 4 is 17.5 Å². The van der Waals surface area contributed by atoms with Gasteiger partial charge in [0, 0.05) is 30.2 Å². The third kappa shape index (κ3) is 4.54. The molecule has 0 atom stereocenters. The minimum absolute atomic E-state index is 0.226. The molecule has 8 heteroatoms. The molecule has 0 bridgehead atoms. The molecule has 4 rings (SSSR count). The molecular formula is C24H20FN5O2. The van der Waals surface area contributed by atoms with E-state index in [1.807, 2.05) is 12.1 Å². The Morgan fingerprint density at radius 1 is 0.969 bits per heavy atom. The molecule has 0 aliphatic carbocycles. The van der Waals surface area contributed by atoms with Gasteiger partial charge in [-0.2, -0.15) is 5.10 Å². The Bertz CT molecular complexity index is 1250. The van der Waals surface area contributed by atoms with E-state index in [0.29, 0.717) is 29.1 Å².